The van der Waals surface area contributed by atoms with Gasteiger partial charge in [-0.3, -0.25) is 0 Å². The lowest BCUT2D eigenvalue weighted by molar-refractivity contribution is 0.300. The number of rotatable bonds is 4. The number of hydrogen-bond donors (Lipinski definition) is 1. The Labute approximate surface area is 118 Å². The van der Waals surface area contributed by atoms with E-state index in [0.717, 1.165) is 6.42 Å². The summed E-state index contributed by atoms with van der Waals surface area (Å²) in [4.78, 5) is 3.13. The van der Waals surface area contributed by atoms with Crippen LogP contribution in [0.5, 0.6) is 0 Å². The molecule has 108 valence electrons. The van der Waals surface area contributed by atoms with Crippen LogP contribution in [-0.4, -0.2) is 26.3 Å². The van der Waals surface area contributed by atoms with Crippen LogP contribution < -0.4 is 5.73 Å². The van der Waals surface area contributed by atoms with Crippen molar-refractivity contribution < 1.29 is 8.42 Å². The first-order chi connectivity index (χ1) is 9.53. The van der Waals surface area contributed by atoms with Crippen molar-refractivity contribution in [1.82, 2.24) is 0 Å². The summed E-state index contributed by atoms with van der Waals surface area (Å²) in [7, 11) is -3.35. The minimum Gasteiger partial charge on any atom is -0.327 e. The molecule has 3 atom stereocenters. The van der Waals surface area contributed by atoms with Crippen LogP contribution >= 0.6 is 0 Å². The van der Waals surface area contributed by atoms with Gasteiger partial charge in [-0.05, 0) is 42.8 Å². The molecule has 0 aromatic heterocycles. The van der Waals surface area contributed by atoms with Gasteiger partial charge in [0.25, 0.3) is 0 Å². The summed E-state index contributed by atoms with van der Waals surface area (Å²) in [6.07, 6.45) is 1.96. The Morgan fingerprint density at radius 3 is 2.65 bits per heavy atom. The van der Waals surface area contributed by atoms with Gasteiger partial charge in [-0.2, -0.15) is 0 Å². The Bertz CT molecular complexity index is 596. The van der Waals surface area contributed by atoms with Crippen molar-refractivity contribution in [2.45, 2.75) is 36.2 Å². The summed E-state index contributed by atoms with van der Waals surface area (Å²) in [5, 5.41) is 3.70. The molecule has 2 rings (SSSR count). The molecular formula is C13H18N4O2S. The monoisotopic (exact) mass is 294 g/mol. The second-order valence-electron chi connectivity index (χ2n) is 5.19. The Morgan fingerprint density at radius 1 is 1.30 bits per heavy atom. The minimum absolute atomic E-state index is 0.00955. The third-order valence-corrected chi connectivity index (χ3v) is 5.62. The summed E-state index contributed by atoms with van der Waals surface area (Å²) < 4.78 is 24.7. The fourth-order valence-corrected chi connectivity index (χ4v) is 4.35. The maximum atomic E-state index is 12.4. The summed E-state index contributed by atoms with van der Waals surface area (Å²) in [5.41, 5.74) is 14.5. The van der Waals surface area contributed by atoms with Crippen LogP contribution in [0.3, 0.4) is 0 Å². The van der Waals surface area contributed by atoms with Crippen molar-refractivity contribution in [1.29, 1.82) is 0 Å². The predicted octanol–water partition coefficient (Wildman–Crippen LogP) is 2.27. The van der Waals surface area contributed by atoms with Crippen LogP contribution in [0.1, 0.15) is 19.3 Å². The maximum absolute atomic E-state index is 12.4. The first-order valence-electron chi connectivity index (χ1n) is 6.60. The Morgan fingerprint density at radius 2 is 2.00 bits per heavy atom. The number of nitrogens with two attached hydrogens (primary N) is 1. The van der Waals surface area contributed by atoms with Gasteiger partial charge >= 0.3 is 0 Å². The molecule has 0 bridgehead atoms. The first kappa shape index (κ1) is 14.8. The van der Waals surface area contributed by atoms with E-state index >= 15 is 0 Å². The van der Waals surface area contributed by atoms with E-state index in [0.29, 0.717) is 17.7 Å². The summed E-state index contributed by atoms with van der Waals surface area (Å²) in [6, 6.07) is 8.08. The molecule has 0 saturated heterocycles. The van der Waals surface area contributed by atoms with Gasteiger partial charge in [0.05, 0.1) is 10.6 Å². The molecule has 1 saturated carbocycles. The van der Waals surface area contributed by atoms with E-state index in [1.807, 2.05) is 0 Å². The summed E-state index contributed by atoms with van der Waals surface area (Å²) in [6.45, 7) is 0. The molecule has 0 spiro atoms. The highest BCUT2D eigenvalue weighted by atomic mass is 32.2. The predicted molar refractivity (Wildman–Crippen MR) is 76.7 cm³/mol. The molecule has 1 fully saturated rings. The smallest absolute Gasteiger partial charge is 0.178 e. The van der Waals surface area contributed by atoms with E-state index in [9.17, 15) is 8.42 Å². The SMILES string of the molecule is [N-]=[N+]=N[C@@H]1CC[C@H](N)[C@H](CS(=O)(=O)c2ccccc2)C1. The molecule has 7 heteroatoms. The van der Waals surface area contributed by atoms with E-state index in [4.69, 9.17) is 11.3 Å². The molecule has 1 aliphatic carbocycles. The lowest BCUT2D eigenvalue weighted by Gasteiger charge is -2.31. The highest BCUT2D eigenvalue weighted by Crippen LogP contribution is 2.28. The van der Waals surface area contributed by atoms with Crippen LogP contribution in [0.25, 0.3) is 10.4 Å². The molecule has 0 radical (unpaired) electrons. The Hall–Kier alpha value is -1.56. The zero-order valence-electron chi connectivity index (χ0n) is 11.1. The third-order valence-electron chi connectivity index (χ3n) is 3.76. The standard InChI is InChI=1S/C13H18N4O2S/c14-13-7-6-11(16-17-15)8-10(13)9-20(18,19)12-4-2-1-3-5-12/h1-5,10-11,13H,6-9,14H2/t10-,11+,13-/m0/s1. The minimum atomic E-state index is -3.35. The van der Waals surface area contributed by atoms with E-state index < -0.39 is 9.84 Å². The van der Waals surface area contributed by atoms with Gasteiger partial charge in [-0.25, -0.2) is 8.42 Å². The average molecular weight is 294 g/mol. The van der Waals surface area contributed by atoms with Crippen LogP contribution in [0, 0.1) is 5.92 Å². The van der Waals surface area contributed by atoms with E-state index in [1.54, 1.807) is 30.3 Å². The fraction of sp³-hybridized carbons (Fsp3) is 0.538. The van der Waals surface area contributed by atoms with Gasteiger partial charge in [0.15, 0.2) is 9.84 Å². The number of sulfone groups is 1. The van der Waals surface area contributed by atoms with Crippen molar-refractivity contribution in [3.63, 3.8) is 0 Å². The largest absolute Gasteiger partial charge is 0.327 e. The van der Waals surface area contributed by atoms with Gasteiger partial charge in [-0.1, -0.05) is 23.3 Å². The third kappa shape index (κ3) is 3.50. The molecule has 6 nitrogen and oxygen atoms in total. The first-order valence-corrected chi connectivity index (χ1v) is 8.26. The van der Waals surface area contributed by atoms with Gasteiger partial charge in [0.2, 0.25) is 0 Å². The zero-order chi connectivity index (χ0) is 14.6. The molecule has 0 heterocycles. The van der Waals surface area contributed by atoms with Crippen LogP contribution in [0.15, 0.2) is 40.3 Å². The summed E-state index contributed by atoms with van der Waals surface area (Å²) >= 11 is 0. The quantitative estimate of drug-likeness (QED) is 0.522. The maximum Gasteiger partial charge on any atom is 0.178 e. The normalized spacial score (nSPS) is 26.8. The fourth-order valence-electron chi connectivity index (χ4n) is 2.64. The van der Waals surface area contributed by atoms with E-state index in [1.165, 1.54) is 0 Å². The second kappa shape index (κ2) is 6.26. The number of hydrogen-bond acceptors (Lipinski definition) is 4. The molecular weight excluding hydrogens is 276 g/mol. The van der Waals surface area contributed by atoms with Crippen molar-refractivity contribution in [3.8, 4) is 0 Å². The van der Waals surface area contributed by atoms with Gasteiger partial charge < -0.3 is 5.73 Å². The van der Waals surface area contributed by atoms with Crippen molar-refractivity contribution >= 4 is 9.84 Å². The number of benzene rings is 1. The lowest BCUT2D eigenvalue weighted by Crippen LogP contribution is -2.41. The molecule has 20 heavy (non-hydrogen) atoms. The molecule has 0 amide bonds. The Kier molecular flexibility index (Phi) is 4.65. The van der Waals surface area contributed by atoms with Crippen LogP contribution in [0.2, 0.25) is 0 Å². The molecule has 1 aliphatic rings. The molecule has 2 N–H and O–H groups in total. The molecule has 1 aromatic rings. The van der Waals surface area contributed by atoms with E-state index in [-0.39, 0.29) is 23.8 Å². The van der Waals surface area contributed by atoms with Crippen LogP contribution in [0.4, 0.5) is 0 Å². The van der Waals surface area contributed by atoms with Crippen molar-refractivity contribution in [2.24, 2.45) is 16.8 Å². The molecule has 0 unspecified atom stereocenters. The molecule has 1 aromatic carbocycles. The topological polar surface area (TPSA) is 109 Å². The van der Waals surface area contributed by atoms with Crippen molar-refractivity contribution in [3.05, 3.63) is 40.8 Å². The van der Waals surface area contributed by atoms with Gasteiger partial charge in [0.1, 0.15) is 0 Å². The Balaban J connectivity index is 2.13. The highest BCUT2D eigenvalue weighted by Gasteiger charge is 2.31. The second-order valence-corrected chi connectivity index (χ2v) is 7.22. The number of nitrogens with zero attached hydrogens (tertiary/aromatic N) is 3. The molecule has 0 aliphatic heterocycles. The van der Waals surface area contributed by atoms with Crippen molar-refractivity contribution in [2.75, 3.05) is 5.75 Å². The highest BCUT2D eigenvalue weighted by molar-refractivity contribution is 7.91. The zero-order valence-corrected chi connectivity index (χ0v) is 11.9. The summed E-state index contributed by atoms with van der Waals surface area (Å²) in [5.74, 6) is -0.153. The van der Waals surface area contributed by atoms with E-state index in [2.05, 4.69) is 10.0 Å². The lowest BCUT2D eigenvalue weighted by atomic mass is 9.83. The number of azide groups is 1. The average Bonchev–Trinajstić information content (AvgIpc) is 2.44. The van der Waals surface area contributed by atoms with Crippen LogP contribution in [-0.2, 0) is 9.84 Å². The van der Waals surface area contributed by atoms with Gasteiger partial charge in [0, 0.05) is 17.0 Å². The van der Waals surface area contributed by atoms with Gasteiger partial charge in [-0.15, -0.1) is 0 Å².